The van der Waals surface area contributed by atoms with Crippen molar-refractivity contribution in [2.24, 2.45) is 0 Å². The minimum Gasteiger partial charge on any atom is -0.490 e. The van der Waals surface area contributed by atoms with Crippen molar-refractivity contribution in [2.75, 3.05) is 13.2 Å². The first-order valence-corrected chi connectivity index (χ1v) is 42.9. The average Bonchev–Trinajstić information content (AvgIpc) is 0.818. The van der Waals surface area contributed by atoms with Crippen LogP contribution in [0.25, 0.3) is 21.9 Å². The predicted molar refractivity (Wildman–Crippen MR) is 520 cm³/mol. The number of benzene rings is 13. The van der Waals surface area contributed by atoms with Crippen LogP contribution in [0, 0.1) is 0 Å². The van der Waals surface area contributed by atoms with Gasteiger partial charge in [-0.25, -0.2) is 0 Å². The van der Waals surface area contributed by atoms with Crippen LogP contribution in [-0.4, -0.2) is 106 Å². The van der Waals surface area contributed by atoms with E-state index in [9.17, 15) is 76.7 Å². The first kappa shape index (κ1) is 107. The maximum atomic E-state index is 11.2. The highest BCUT2D eigenvalue weighted by Crippen LogP contribution is 2.30. The van der Waals surface area contributed by atoms with Gasteiger partial charge in [0, 0.05) is 98.8 Å². The third-order valence-corrected chi connectivity index (χ3v) is 20.3. The second kappa shape index (κ2) is 54.7. The predicted octanol–water partition coefficient (Wildman–Crippen LogP) is 26.0. The number of rotatable bonds is 26. The summed E-state index contributed by atoms with van der Waals surface area (Å²) in [6, 6.07) is 89.0. The Morgan fingerprint density at radius 1 is 0.182 bits per heavy atom. The van der Waals surface area contributed by atoms with E-state index in [1.54, 1.807) is 235 Å². The van der Waals surface area contributed by atoms with Gasteiger partial charge < -0.3 is 14.2 Å². The molecule has 13 aromatic rings. The Bertz CT molecular complexity index is 5680. The van der Waals surface area contributed by atoms with Crippen molar-refractivity contribution in [3.05, 3.63) is 392 Å². The molecule has 0 N–H and O–H groups in total. The Labute approximate surface area is 775 Å². The molecule has 13 rings (SSSR count). The summed E-state index contributed by atoms with van der Waals surface area (Å²) >= 11 is 1.61. The maximum Gasteiger partial charge on any atom is 0.159 e. The van der Waals surface area contributed by atoms with E-state index in [0.29, 0.717) is 114 Å². The second-order valence-corrected chi connectivity index (χ2v) is 30.8. The zero-order chi connectivity index (χ0) is 97.8. The molecule has 132 heavy (non-hydrogen) atoms. The summed E-state index contributed by atoms with van der Waals surface area (Å²) in [6.45, 7) is 29.2. The van der Waals surface area contributed by atoms with Crippen LogP contribution in [0.5, 0.6) is 23.0 Å². The zero-order valence-electron chi connectivity index (χ0n) is 77.4. The summed E-state index contributed by atoms with van der Waals surface area (Å²) in [5, 5.41) is 1.97. The number of hydrogen-bond acceptors (Lipinski definition) is 20. The summed E-state index contributed by atoms with van der Waals surface area (Å²) in [7, 11) is 0. The highest BCUT2D eigenvalue weighted by atomic mass is 32.2. The third kappa shape index (κ3) is 37.1. The smallest absolute Gasteiger partial charge is 0.159 e. The number of ether oxygens (including phenoxy) is 3. The molecule has 0 aliphatic rings. The largest absolute Gasteiger partial charge is 0.490 e. The van der Waals surface area contributed by atoms with Gasteiger partial charge in [-0.15, -0.1) is 0 Å². The molecule has 0 saturated carbocycles. The minimum atomic E-state index is -0.0156. The quantitative estimate of drug-likeness (QED) is 0.0359. The van der Waals surface area contributed by atoms with Gasteiger partial charge >= 0.3 is 0 Å². The Balaban J connectivity index is 0.000000268. The molecule has 0 aliphatic heterocycles. The number of carbonyl (C=O) groups excluding carboxylic acids is 16. The van der Waals surface area contributed by atoms with Crippen molar-refractivity contribution < 1.29 is 90.9 Å². The summed E-state index contributed by atoms with van der Waals surface area (Å²) in [6.07, 6.45) is 0. The molecule has 676 valence electrons. The highest BCUT2D eigenvalue weighted by molar-refractivity contribution is 7.99. The van der Waals surface area contributed by atoms with Crippen LogP contribution >= 0.6 is 11.8 Å². The van der Waals surface area contributed by atoms with E-state index < -0.39 is 0 Å². The standard InChI is InChI=1S/C18H18O4.C16H14O3.C16H14O2S.C16H14O2.C14H12O2.3C10H10O2.C2H6/c1-13(19)15-3-7-17(8-4-15)21-11-12-22-18-9-5-16(6-10-18)14(2)20;2*1-11(17)13-3-7-15(8-4-13)19-16-9-5-14(6-10-16)12(2)18;1-11(17)13-3-7-15(8-4-13)16-9-5-14(6-10-16)12(2)18;1-9(15)11-3-5-14-8-12(10(2)16)4-6-13(14)7-11;1-7(11)9-3-5-10(6-4-9)8(2)12;2*1-7(11)9-4-3-5-10(6-9)8(2)12;1-2/h3-10H,11-12H2,1-2H3;2*3-10H,1-2H3;3-10H,1-2H3;3-8H,1-2H3;3*3-6H,1-2H3;1-2H3. The van der Waals surface area contributed by atoms with Crippen LogP contribution in [0.3, 0.4) is 0 Å². The number of Topliss-reactive ketones (excluding diaryl/α,β-unsaturated/α-hetero) is 16. The lowest BCUT2D eigenvalue weighted by atomic mass is 10.0. The number of ketones is 16. The fraction of sp³-hybridized carbons (Fsp3) is 0.179. The molecule has 0 aliphatic carbocycles. The minimum absolute atomic E-state index is 0.0156. The van der Waals surface area contributed by atoms with Crippen LogP contribution in [-0.2, 0) is 0 Å². The van der Waals surface area contributed by atoms with E-state index in [1.807, 2.05) is 135 Å². The zero-order valence-corrected chi connectivity index (χ0v) is 78.3. The van der Waals surface area contributed by atoms with Crippen molar-refractivity contribution in [2.45, 2.75) is 134 Å². The molecule has 0 aromatic heterocycles. The average molecular weight is 1790 g/mol. The van der Waals surface area contributed by atoms with Crippen molar-refractivity contribution >= 4 is 115 Å². The summed E-state index contributed by atoms with van der Waals surface area (Å²) < 4.78 is 16.7. The van der Waals surface area contributed by atoms with Gasteiger partial charge in [0.2, 0.25) is 0 Å². The van der Waals surface area contributed by atoms with Crippen LogP contribution in [0.4, 0.5) is 0 Å². The van der Waals surface area contributed by atoms with Gasteiger partial charge in [0.1, 0.15) is 36.2 Å². The molecule has 20 heteroatoms. The third-order valence-electron chi connectivity index (χ3n) is 19.3. The van der Waals surface area contributed by atoms with Crippen LogP contribution in [0.15, 0.2) is 313 Å². The van der Waals surface area contributed by atoms with Crippen LogP contribution in [0.2, 0.25) is 0 Å². The molecule has 0 unspecified atom stereocenters. The SMILES string of the molecule is CC.CC(=O)c1ccc(-c2ccc(C(C)=O)cc2)cc1.CC(=O)c1ccc(C(C)=O)cc1.CC(=O)c1ccc(OCCOc2ccc(C(C)=O)cc2)cc1.CC(=O)c1ccc(Oc2ccc(C(C)=O)cc2)cc1.CC(=O)c1ccc(Sc2ccc(C(C)=O)cc2)cc1.CC(=O)c1ccc2cc(C(C)=O)ccc2c1.CC(=O)c1cccc(C(C)=O)c1.CC(=O)c1cccc(C(C)=O)c1. The normalized spacial score (nSPS) is 9.86. The molecule has 19 nitrogen and oxygen atoms in total. The molecule has 0 amide bonds. The lowest BCUT2D eigenvalue weighted by molar-refractivity contribution is 0.0998. The van der Waals surface area contributed by atoms with E-state index in [2.05, 4.69) is 0 Å². The second-order valence-electron chi connectivity index (χ2n) is 29.6. The molecule has 0 spiro atoms. The van der Waals surface area contributed by atoms with Gasteiger partial charge in [-0.05, 0) is 278 Å². The topological polar surface area (TPSA) is 301 Å². The van der Waals surface area contributed by atoms with Gasteiger partial charge in [-0.2, -0.15) is 0 Å². The van der Waals surface area contributed by atoms with Crippen LogP contribution < -0.4 is 14.2 Å². The van der Waals surface area contributed by atoms with Gasteiger partial charge in [0.25, 0.3) is 0 Å². The molecular formula is C112H108O19S. The lowest BCUT2D eigenvalue weighted by Gasteiger charge is -2.09. The van der Waals surface area contributed by atoms with Gasteiger partial charge in [-0.3, -0.25) is 76.7 Å². The molecule has 13 aromatic carbocycles. The Morgan fingerprint density at radius 2 is 0.341 bits per heavy atom. The van der Waals surface area contributed by atoms with E-state index in [-0.39, 0.29) is 92.5 Å². The fourth-order valence-corrected chi connectivity index (χ4v) is 12.3. The molecule has 0 bridgehead atoms. The number of carbonyl (C=O) groups is 16. The highest BCUT2D eigenvalue weighted by Gasteiger charge is 2.12. The number of hydrogen-bond donors (Lipinski definition) is 0. The van der Waals surface area contributed by atoms with E-state index in [0.717, 1.165) is 42.8 Å². The summed E-state index contributed by atoms with van der Waals surface area (Å²) in [4.78, 5) is 179. The van der Waals surface area contributed by atoms with E-state index in [1.165, 1.54) is 69.2 Å². The molecule has 0 atom stereocenters. The van der Waals surface area contributed by atoms with Crippen molar-refractivity contribution in [1.29, 1.82) is 0 Å². The van der Waals surface area contributed by atoms with E-state index in [4.69, 9.17) is 14.2 Å². The number of fused-ring (bicyclic) bond motifs is 1. The molecule has 0 radical (unpaired) electrons. The van der Waals surface area contributed by atoms with Gasteiger partial charge in [0.05, 0.1) is 0 Å². The lowest BCUT2D eigenvalue weighted by Crippen LogP contribution is -2.09. The first-order chi connectivity index (χ1) is 62.7. The maximum absolute atomic E-state index is 11.2. The molecule has 0 saturated heterocycles. The van der Waals surface area contributed by atoms with E-state index >= 15 is 0 Å². The Kier molecular flexibility index (Phi) is 44.4. The van der Waals surface area contributed by atoms with Crippen molar-refractivity contribution in [1.82, 2.24) is 0 Å². The van der Waals surface area contributed by atoms with Gasteiger partial charge in [-0.1, -0.05) is 183 Å². The molecular weight excluding hydrogens is 1680 g/mol. The summed E-state index contributed by atoms with van der Waals surface area (Å²) in [5.74, 6) is 3.16. The van der Waals surface area contributed by atoms with Gasteiger partial charge in [0.15, 0.2) is 92.5 Å². The monoisotopic (exact) mass is 1790 g/mol. The Hall–Kier alpha value is -15.4. The van der Waals surface area contributed by atoms with Crippen molar-refractivity contribution in [3.63, 3.8) is 0 Å². The first-order valence-electron chi connectivity index (χ1n) is 42.1. The molecule has 0 fully saturated rings. The Morgan fingerprint density at radius 3 is 0.538 bits per heavy atom. The van der Waals surface area contributed by atoms with Crippen molar-refractivity contribution in [3.8, 4) is 34.1 Å². The fourth-order valence-electron chi connectivity index (χ4n) is 11.5. The van der Waals surface area contributed by atoms with Crippen LogP contribution in [0.1, 0.15) is 290 Å². The summed E-state index contributed by atoms with van der Waals surface area (Å²) in [5.41, 5.74) is 12.6. The molecule has 0 heterocycles.